The Morgan fingerprint density at radius 3 is 3.06 bits per heavy atom. The summed E-state index contributed by atoms with van der Waals surface area (Å²) in [4.78, 5) is 15.6. The quantitative estimate of drug-likeness (QED) is 0.844. The van der Waals surface area contributed by atoms with Gasteiger partial charge in [0.1, 0.15) is 0 Å². The van der Waals surface area contributed by atoms with Gasteiger partial charge in [-0.05, 0) is 25.5 Å². The second-order valence-corrected chi connectivity index (χ2v) is 5.11. The monoisotopic (exact) mass is 263 g/mol. The van der Waals surface area contributed by atoms with Crippen molar-refractivity contribution in [1.82, 2.24) is 4.98 Å². The highest BCUT2D eigenvalue weighted by Crippen LogP contribution is 2.31. The molecule has 1 aromatic carbocycles. The highest BCUT2D eigenvalue weighted by atomic mass is 35.5. The van der Waals surface area contributed by atoms with Crippen LogP contribution in [-0.4, -0.2) is 23.5 Å². The predicted molar refractivity (Wildman–Crippen MR) is 71.2 cm³/mol. The first-order valence-corrected chi connectivity index (χ1v) is 6.47. The number of aromatic amines is 1. The molecule has 1 fully saturated rings. The van der Waals surface area contributed by atoms with E-state index in [1.54, 1.807) is 6.20 Å². The van der Waals surface area contributed by atoms with Crippen molar-refractivity contribution in [1.29, 1.82) is 0 Å². The summed E-state index contributed by atoms with van der Waals surface area (Å²) >= 11 is 6.19. The molecule has 0 bridgehead atoms. The number of halogens is 1. The lowest BCUT2D eigenvalue weighted by Gasteiger charge is -2.12. The molecule has 0 spiro atoms. The van der Waals surface area contributed by atoms with Gasteiger partial charge in [0, 0.05) is 29.3 Å². The van der Waals surface area contributed by atoms with Crippen molar-refractivity contribution in [2.24, 2.45) is 5.92 Å². The van der Waals surface area contributed by atoms with Crippen LogP contribution in [0.1, 0.15) is 23.7 Å². The van der Waals surface area contributed by atoms with Gasteiger partial charge in [-0.2, -0.15) is 0 Å². The van der Waals surface area contributed by atoms with E-state index in [9.17, 15) is 4.79 Å². The standard InChI is InChI=1S/C14H14ClNO2/c1-8-9(5-6-18-8)14(17)10-7-16-12-4-2-3-11(15)13(10)12/h2-4,7-9,16H,5-6H2,1H3. The number of nitrogens with one attached hydrogen (secondary N) is 1. The average molecular weight is 264 g/mol. The zero-order valence-corrected chi connectivity index (χ0v) is 10.8. The van der Waals surface area contributed by atoms with Gasteiger partial charge in [0.05, 0.1) is 17.0 Å². The molecule has 0 aliphatic carbocycles. The Balaban J connectivity index is 2.07. The lowest BCUT2D eigenvalue weighted by molar-refractivity contribution is 0.0766. The number of ether oxygens (including phenoxy) is 1. The van der Waals surface area contributed by atoms with Crippen molar-refractivity contribution in [3.05, 3.63) is 35.0 Å². The number of fused-ring (bicyclic) bond motifs is 1. The maximum absolute atomic E-state index is 12.5. The fraction of sp³-hybridized carbons (Fsp3) is 0.357. The Bertz CT molecular complexity index is 605. The number of hydrogen-bond acceptors (Lipinski definition) is 2. The molecule has 1 N–H and O–H groups in total. The topological polar surface area (TPSA) is 42.1 Å². The molecular formula is C14H14ClNO2. The second-order valence-electron chi connectivity index (χ2n) is 4.70. The highest BCUT2D eigenvalue weighted by molar-refractivity contribution is 6.37. The molecule has 2 atom stereocenters. The summed E-state index contributed by atoms with van der Waals surface area (Å²) < 4.78 is 5.46. The lowest BCUT2D eigenvalue weighted by atomic mass is 9.92. The molecule has 0 amide bonds. The third-order valence-corrected chi connectivity index (χ3v) is 3.95. The highest BCUT2D eigenvalue weighted by Gasteiger charge is 2.32. The van der Waals surface area contributed by atoms with E-state index in [0.717, 1.165) is 17.3 Å². The summed E-state index contributed by atoms with van der Waals surface area (Å²) in [5.41, 5.74) is 1.58. The fourth-order valence-electron chi connectivity index (χ4n) is 2.61. The Morgan fingerprint density at radius 1 is 1.50 bits per heavy atom. The van der Waals surface area contributed by atoms with E-state index in [4.69, 9.17) is 16.3 Å². The molecule has 2 aromatic rings. The molecule has 2 heterocycles. The summed E-state index contributed by atoms with van der Waals surface area (Å²) in [6.07, 6.45) is 2.53. The Labute approximate surface area is 110 Å². The minimum absolute atomic E-state index is 0.00932. The molecular weight excluding hydrogens is 250 g/mol. The molecule has 94 valence electrons. The van der Waals surface area contributed by atoms with Gasteiger partial charge in [0.15, 0.2) is 5.78 Å². The third-order valence-electron chi connectivity index (χ3n) is 3.63. The van der Waals surface area contributed by atoms with E-state index in [2.05, 4.69) is 4.98 Å². The van der Waals surface area contributed by atoms with Crippen molar-refractivity contribution in [2.75, 3.05) is 6.61 Å². The first kappa shape index (κ1) is 11.8. The molecule has 0 radical (unpaired) electrons. The van der Waals surface area contributed by atoms with Gasteiger partial charge in [0.2, 0.25) is 0 Å². The largest absolute Gasteiger partial charge is 0.378 e. The van der Waals surface area contributed by atoms with Gasteiger partial charge >= 0.3 is 0 Å². The molecule has 1 aromatic heterocycles. The number of rotatable bonds is 2. The number of H-pyrrole nitrogens is 1. The molecule has 4 heteroatoms. The number of Topliss-reactive ketones (excluding diaryl/α,β-unsaturated/α-hetero) is 1. The van der Waals surface area contributed by atoms with Crippen LogP contribution in [0.3, 0.4) is 0 Å². The maximum atomic E-state index is 12.5. The van der Waals surface area contributed by atoms with Crippen LogP contribution in [0.2, 0.25) is 5.02 Å². The molecule has 3 nitrogen and oxygen atoms in total. The molecule has 1 aliphatic rings. The van der Waals surface area contributed by atoms with Crippen LogP contribution < -0.4 is 0 Å². The number of aromatic nitrogens is 1. The summed E-state index contributed by atoms with van der Waals surface area (Å²) in [6.45, 7) is 2.61. The van der Waals surface area contributed by atoms with Gasteiger partial charge in [-0.15, -0.1) is 0 Å². The number of benzene rings is 1. The van der Waals surface area contributed by atoms with Crippen LogP contribution in [0.15, 0.2) is 24.4 Å². The van der Waals surface area contributed by atoms with E-state index in [0.29, 0.717) is 17.2 Å². The van der Waals surface area contributed by atoms with Crippen molar-refractivity contribution >= 4 is 28.3 Å². The van der Waals surface area contributed by atoms with E-state index in [1.165, 1.54) is 0 Å². The number of carbonyl (C=O) groups excluding carboxylic acids is 1. The maximum Gasteiger partial charge on any atom is 0.170 e. The van der Waals surface area contributed by atoms with E-state index in [-0.39, 0.29) is 17.8 Å². The van der Waals surface area contributed by atoms with Crippen molar-refractivity contribution in [3.63, 3.8) is 0 Å². The molecule has 18 heavy (non-hydrogen) atoms. The zero-order chi connectivity index (χ0) is 12.7. The third kappa shape index (κ3) is 1.74. The normalized spacial score (nSPS) is 23.7. The van der Waals surface area contributed by atoms with Gasteiger partial charge in [0.25, 0.3) is 0 Å². The Kier molecular flexibility index (Phi) is 2.88. The summed E-state index contributed by atoms with van der Waals surface area (Å²) in [6, 6.07) is 5.60. The molecule has 1 saturated heterocycles. The van der Waals surface area contributed by atoms with Crippen LogP contribution in [0.4, 0.5) is 0 Å². The molecule has 0 saturated carbocycles. The summed E-state index contributed by atoms with van der Waals surface area (Å²) in [5, 5.41) is 1.44. The van der Waals surface area contributed by atoms with E-state index >= 15 is 0 Å². The number of ketones is 1. The molecule has 1 aliphatic heterocycles. The molecule has 3 rings (SSSR count). The fourth-order valence-corrected chi connectivity index (χ4v) is 2.89. The lowest BCUT2D eigenvalue weighted by Crippen LogP contribution is -2.21. The smallest absolute Gasteiger partial charge is 0.170 e. The molecule has 2 unspecified atom stereocenters. The van der Waals surface area contributed by atoms with Gasteiger partial charge in [-0.1, -0.05) is 17.7 Å². The van der Waals surface area contributed by atoms with Crippen LogP contribution in [0, 0.1) is 5.92 Å². The number of carbonyl (C=O) groups is 1. The van der Waals surface area contributed by atoms with E-state index in [1.807, 2.05) is 25.1 Å². The minimum Gasteiger partial charge on any atom is -0.378 e. The zero-order valence-electron chi connectivity index (χ0n) is 10.1. The van der Waals surface area contributed by atoms with Gasteiger partial charge < -0.3 is 9.72 Å². The van der Waals surface area contributed by atoms with Crippen LogP contribution >= 0.6 is 11.6 Å². The predicted octanol–water partition coefficient (Wildman–Crippen LogP) is 3.43. The number of hydrogen-bond donors (Lipinski definition) is 1. The van der Waals surface area contributed by atoms with Crippen LogP contribution in [0.25, 0.3) is 10.9 Å². The summed E-state index contributed by atoms with van der Waals surface area (Å²) in [7, 11) is 0. The Hall–Kier alpha value is -1.32. The van der Waals surface area contributed by atoms with Crippen LogP contribution in [0.5, 0.6) is 0 Å². The van der Waals surface area contributed by atoms with Crippen molar-refractivity contribution in [3.8, 4) is 0 Å². The van der Waals surface area contributed by atoms with Crippen molar-refractivity contribution < 1.29 is 9.53 Å². The van der Waals surface area contributed by atoms with Crippen LogP contribution in [-0.2, 0) is 4.74 Å². The Morgan fingerprint density at radius 2 is 2.33 bits per heavy atom. The minimum atomic E-state index is -0.0553. The van der Waals surface area contributed by atoms with Gasteiger partial charge in [-0.3, -0.25) is 4.79 Å². The second kappa shape index (κ2) is 4.41. The first-order chi connectivity index (χ1) is 8.68. The van der Waals surface area contributed by atoms with E-state index < -0.39 is 0 Å². The average Bonchev–Trinajstić information content (AvgIpc) is 2.95. The summed E-state index contributed by atoms with van der Waals surface area (Å²) in [5.74, 6) is 0.0691. The van der Waals surface area contributed by atoms with Crippen molar-refractivity contribution in [2.45, 2.75) is 19.4 Å². The SMILES string of the molecule is CC1OCCC1C(=O)c1c[nH]c2cccc(Cl)c12. The first-order valence-electron chi connectivity index (χ1n) is 6.10. The van der Waals surface area contributed by atoms with Gasteiger partial charge in [-0.25, -0.2) is 0 Å².